The minimum absolute atomic E-state index is 0.877. The van der Waals surface area contributed by atoms with E-state index in [9.17, 15) is 0 Å². The Balaban J connectivity index is 1.71. The lowest BCUT2D eigenvalue weighted by atomic mass is 10.1. The number of fused-ring (bicyclic) bond motifs is 6. The fourth-order valence-electron chi connectivity index (χ4n) is 5.21. The van der Waals surface area contributed by atoms with Crippen molar-refractivity contribution in [2.24, 2.45) is 7.05 Å². The Bertz CT molecular complexity index is 1570. The van der Waals surface area contributed by atoms with Crippen LogP contribution in [0.4, 0.5) is 0 Å². The molecule has 30 heavy (non-hydrogen) atoms. The molecule has 4 aromatic carbocycles. The normalized spacial score (nSPS) is 12.0. The van der Waals surface area contributed by atoms with Crippen LogP contribution in [-0.4, -0.2) is 9.13 Å². The molecule has 146 valence electrons. The van der Waals surface area contributed by atoms with Crippen LogP contribution in [0, 0.1) is 13.8 Å². The smallest absolute Gasteiger partial charge is 0.0515 e. The summed E-state index contributed by atoms with van der Waals surface area (Å²) in [4.78, 5) is 0. The molecule has 0 aliphatic rings. The summed E-state index contributed by atoms with van der Waals surface area (Å²) in [5.41, 5.74) is 9.16. The Morgan fingerprint density at radius 3 is 1.90 bits per heavy atom. The van der Waals surface area contributed by atoms with Gasteiger partial charge >= 0.3 is 0 Å². The van der Waals surface area contributed by atoms with Crippen LogP contribution in [0.15, 0.2) is 78.9 Å². The number of benzene rings is 4. The zero-order valence-electron chi connectivity index (χ0n) is 17.6. The lowest BCUT2D eigenvalue weighted by molar-refractivity contribution is 0.866. The molecule has 2 heteroatoms. The summed E-state index contributed by atoms with van der Waals surface area (Å²) in [5, 5.41) is 5.31. The molecule has 0 bridgehead atoms. The Kier molecular flexibility index (Phi) is 3.61. The van der Waals surface area contributed by atoms with Crippen LogP contribution in [0.2, 0.25) is 0 Å². The topological polar surface area (TPSA) is 9.86 Å². The molecule has 0 fully saturated rings. The van der Waals surface area contributed by atoms with Gasteiger partial charge in [-0.3, -0.25) is 0 Å². The first-order valence-electron chi connectivity index (χ1n) is 10.6. The fraction of sp³-hybridized carbons (Fsp3) is 0.143. The molecule has 0 amide bonds. The van der Waals surface area contributed by atoms with Crippen molar-refractivity contribution in [3.8, 4) is 0 Å². The number of rotatable bonds is 2. The van der Waals surface area contributed by atoms with E-state index in [0.717, 1.165) is 6.54 Å². The molecule has 0 saturated carbocycles. The van der Waals surface area contributed by atoms with E-state index in [-0.39, 0.29) is 0 Å². The number of hydrogen-bond donors (Lipinski definition) is 0. The van der Waals surface area contributed by atoms with E-state index in [1.807, 2.05) is 0 Å². The number of para-hydroxylation sites is 2. The van der Waals surface area contributed by atoms with Gasteiger partial charge < -0.3 is 9.13 Å². The minimum atomic E-state index is 0.877. The number of nitrogens with zero attached hydrogens (tertiary/aromatic N) is 2. The van der Waals surface area contributed by atoms with E-state index in [2.05, 4.69) is 109 Å². The summed E-state index contributed by atoms with van der Waals surface area (Å²) in [6.45, 7) is 5.24. The lowest BCUT2D eigenvalue weighted by Gasteiger charge is -2.10. The summed E-state index contributed by atoms with van der Waals surface area (Å²) >= 11 is 0. The molecule has 0 unspecified atom stereocenters. The van der Waals surface area contributed by atoms with Crippen LogP contribution in [0.1, 0.15) is 16.7 Å². The largest absolute Gasteiger partial charge is 0.344 e. The first kappa shape index (κ1) is 17.3. The highest BCUT2D eigenvalue weighted by Crippen LogP contribution is 2.36. The molecular formula is C28H24N2. The van der Waals surface area contributed by atoms with Crippen molar-refractivity contribution in [2.45, 2.75) is 20.4 Å². The second kappa shape index (κ2) is 6.24. The van der Waals surface area contributed by atoms with Gasteiger partial charge in [-0.15, -0.1) is 0 Å². The van der Waals surface area contributed by atoms with Crippen molar-refractivity contribution in [3.63, 3.8) is 0 Å². The van der Waals surface area contributed by atoms with Gasteiger partial charge in [-0.05, 0) is 43.7 Å². The van der Waals surface area contributed by atoms with Crippen LogP contribution in [0.5, 0.6) is 0 Å². The fourth-order valence-corrected chi connectivity index (χ4v) is 5.21. The average molecular weight is 389 g/mol. The van der Waals surface area contributed by atoms with Crippen molar-refractivity contribution in [1.82, 2.24) is 9.13 Å². The highest BCUT2D eigenvalue weighted by atomic mass is 15.0. The van der Waals surface area contributed by atoms with Crippen LogP contribution in [-0.2, 0) is 13.6 Å². The zero-order chi connectivity index (χ0) is 20.4. The lowest BCUT2D eigenvalue weighted by Crippen LogP contribution is -2.00. The van der Waals surface area contributed by atoms with Gasteiger partial charge in [0.25, 0.3) is 0 Å². The second-order valence-electron chi connectivity index (χ2n) is 8.56. The van der Waals surface area contributed by atoms with E-state index < -0.39 is 0 Å². The maximum absolute atomic E-state index is 2.48. The highest BCUT2D eigenvalue weighted by Gasteiger charge is 2.15. The summed E-state index contributed by atoms with van der Waals surface area (Å²) in [7, 11) is 2.17. The monoisotopic (exact) mass is 388 g/mol. The van der Waals surface area contributed by atoms with Gasteiger partial charge in [0.15, 0.2) is 0 Å². The van der Waals surface area contributed by atoms with Gasteiger partial charge in [-0.25, -0.2) is 0 Å². The zero-order valence-corrected chi connectivity index (χ0v) is 17.6. The third kappa shape index (κ3) is 2.43. The van der Waals surface area contributed by atoms with E-state index in [1.54, 1.807) is 0 Å². The first-order valence-corrected chi connectivity index (χ1v) is 10.6. The van der Waals surface area contributed by atoms with E-state index >= 15 is 0 Å². The summed E-state index contributed by atoms with van der Waals surface area (Å²) in [5.74, 6) is 0. The quantitative estimate of drug-likeness (QED) is 0.299. The van der Waals surface area contributed by atoms with Gasteiger partial charge in [-0.2, -0.15) is 0 Å². The molecule has 6 aromatic rings. The Labute approximate surface area is 176 Å². The van der Waals surface area contributed by atoms with E-state index in [0.29, 0.717) is 0 Å². The maximum atomic E-state index is 2.48. The predicted molar refractivity (Wildman–Crippen MR) is 128 cm³/mol. The van der Waals surface area contributed by atoms with Crippen LogP contribution < -0.4 is 0 Å². The molecule has 2 heterocycles. The third-order valence-electron chi connectivity index (χ3n) is 6.43. The van der Waals surface area contributed by atoms with Gasteiger partial charge in [-0.1, -0.05) is 65.7 Å². The third-order valence-corrected chi connectivity index (χ3v) is 6.43. The second-order valence-corrected chi connectivity index (χ2v) is 8.56. The van der Waals surface area contributed by atoms with Crippen molar-refractivity contribution in [1.29, 1.82) is 0 Å². The number of aromatic nitrogens is 2. The van der Waals surface area contributed by atoms with Gasteiger partial charge in [0, 0.05) is 46.2 Å². The molecular weight excluding hydrogens is 364 g/mol. The van der Waals surface area contributed by atoms with E-state index in [1.165, 1.54) is 60.3 Å². The molecule has 0 saturated heterocycles. The first-order chi connectivity index (χ1) is 14.6. The molecule has 2 nitrogen and oxygen atoms in total. The molecule has 0 aliphatic heterocycles. The maximum Gasteiger partial charge on any atom is 0.0515 e. The summed E-state index contributed by atoms with van der Waals surface area (Å²) in [6.07, 6.45) is 0. The van der Waals surface area contributed by atoms with Crippen LogP contribution in [0.25, 0.3) is 43.6 Å². The molecule has 0 radical (unpaired) electrons. The number of aryl methyl sites for hydroxylation is 3. The van der Waals surface area contributed by atoms with E-state index in [4.69, 9.17) is 0 Å². The molecule has 0 atom stereocenters. The molecule has 2 aromatic heterocycles. The van der Waals surface area contributed by atoms with Crippen molar-refractivity contribution in [3.05, 3.63) is 95.6 Å². The molecule has 0 N–H and O–H groups in total. The standard InChI is InChI=1S/C28H24N2/c1-18-12-19(2)14-20(13-18)17-30-26-11-7-5-9-22(26)24-15-23-21-8-4-6-10-25(21)29(3)27(23)16-28(24)30/h4-16H,17H2,1-3H3. The molecule has 6 rings (SSSR count). The van der Waals surface area contributed by atoms with Crippen LogP contribution in [0.3, 0.4) is 0 Å². The Morgan fingerprint density at radius 2 is 1.17 bits per heavy atom. The van der Waals surface area contributed by atoms with Crippen molar-refractivity contribution >= 4 is 43.6 Å². The van der Waals surface area contributed by atoms with Gasteiger partial charge in [0.2, 0.25) is 0 Å². The Morgan fingerprint density at radius 1 is 0.567 bits per heavy atom. The highest BCUT2D eigenvalue weighted by molar-refractivity contribution is 6.18. The summed E-state index contributed by atoms with van der Waals surface area (Å²) in [6, 6.07) is 29.1. The van der Waals surface area contributed by atoms with Crippen molar-refractivity contribution < 1.29 is 0 Å². The van der Waals surface area contributed by atoms with Crippen molar-refractivity contribution in [2.75, 3.05) is 0 Å². The van der Waals surface area contributed by atoms with Gasteiger partial charge in [0.05, 0.1) is 11.0 Å². The molecule has 0 aliphatic carbocycles. The SMILES string of the molecule is Cc1cc(C)cc(Cn2c3ccccc3c3cc4c5ccccc5n(C)c4cc32)c1. The molecule has 0 spiro atoms. The predicted octanol–water partition coefficient (Wildman–Crippen LogP) is 7.10. The average Bonchev–Trinajstić information content (AvgIpc) is 3.19. The minimum Gasteiger partial charge on any atom is -0.344 e. The number of hydrogen-bond acceptors (Lipinski definition) is 0. The van der Waals surface area contributed by atoms with Gasteiger partial charge in [0.1, 0.15) is 0 Å². The Hall–Kier alpha value is -3.52. The van der Waals surface area contributed by atoms with Crippen LogP contribution >= 0.6 is 0 Å². The summed E-state index contributed by atoms with van der Waals surface area (Å²) < 4.78 is 4.80.